The smallest absolute Gasteiger partial charge is 0.383 e. The molecule has 2 amide bonds. The predicted octanol–water partition coefficient (Wildman–Crippen LogP) is 1.62. The zero-order valence-electron chi connectivity index (χ0n) is 21.0. The fourth-order valence-electron chi connectivity index (χ4n) is 4.37. The summed E-state index contributed by atoms with van der Waals surface area (Å²) in [4.78, 5) is 41.6. The largest absolute Gasteiger partial charge is 0.453 e. The lowest BCUT2D eigenvalue weighted by Gasteiger charge is -2.23. The van der Waals surface area contributed by atoms with Gasteiger partial charge in [0.15, 0.2) is 16.9 Å². The molecule has 36 heavy (non-hydrogen) atoms. The van der Waals surface area contributed by atoms with Crippen LogP contribution in [0.5, 0.6) is 0 Å². The molecule has 0 radical (unpaired) electrons. The van der Waals surface area contributed by atoms with Crippen molar-refractivity contribution in [1.82, 2.24) is 29.7 Å². The summed E-state index contributed by atoms with van der Waals surface area (Å²) in [5.41, 5.74) is 9.18. The second kappa shape index (κ2) is 7.51. The van der Waals surface area contributed by atoms with Crippen LogP contribution in [0.3, 0.4) is 0 Å². The van der Waals surface area contributed by atoms with Crippen molar-refractivity contribution in [2.24, 2.45) is 18.6 Å². The Morgan fingerprint density at radius 3 is 2.58 bits per heavy atom. The molecule has 4 heterocycles. The minimum atomic E-state index is -5.83. The Labute approximate surface area is 202 Å². The number of nitrogens with one attached hydrogen (secondary N) is 1. The topological polar surface area (TPSA) is 168 Å². The second-order valence-electron chi connectivity index (χ2n) is 8.54. The maximum Gasteiger partial charge on any atom is 0.453 e. The van der Waals surface area contributed by atoms with E-state index >= 15 is 0 Å². The summed E-state index contributed by atoms with van der Waals surface area (Å²) >= 11 is 0. The first-order valence-electron chi connectivity index (χ1n) is 12.0. The van der Waals surface area contributed by atoms with E-state index in [1.54, 1.807) is 0 Å². The summed E-state index contributed by atoms with van der Waals surface area (Å²) in [6.45, 7) is -2.91. The number of hydrogen-bond acceptors (Lipinski definition) is 8. The van der Waals surface area contributed by atoms with Crippen molar-refractivity contribution in [3.8, 4) is 11.5 Å². The van der Waals surface area contributed by atoms with Crippen molar-refractivity contribution >= 4 is 34.5 Å². The number of fused-ring (bicyclic) bond motifs is 2. The van der Waals surface area contributed by atoms with Crippen molar-refractivity contribution in [2.45, 2.75) is 43.2 Å². The van der Waals surface area contributed by atoms with Crippen LogP contribution in [0.4, 0.5) is 33.6 Å². The number of aryl methyl sites for hydroxylation is 2. The first kappa shape index (κ1) is 20.2. The lowest BCUT2D eigenvalue weighted by Crippen LogP contribution is -2.49. The third-order valence-electron chi connectivity index (χ3n) is 6.26. The summed E-state index contributed by atoms with van der Waals surface area (Å²) in [5, 5.41) is 6.09. The number of nitrogens with two attached hydrogens (primary N) is 2. The number of nitrogen functional groups attached to an aromatic ring is 1. The number of alkyl halides is 5. The van der Waals surface area contributed by atoms with E-state index in [-0.39, 0.29) is 34.1 Å². The molecule has 1 saturated carbocycles. The highest BCUT2D eigenvalue weighted by atomic mass is 19.4. The van der Waals surface area contributed by atoms with Gasteiger partial charge in [-0.2, -0.15) is 27.1 Å². The molecule has 3 aromatic heterocycles. The SMILES string of the molecule is [2H]C([2H])([2H])n1ncc2c(-c3nc(N)c4c(n3)NC(=O)C4(C(N)=O)C3CC3)nc(CCC(F)(F)C(F)(F)F)nc21. The van der Waals surface area contributed by atoms with Crippen molar-refractivity contribution in [2.75, 3.05) is 11.1 Å². The summed E-state index contributed by atoms with van der Waals surface area (Å²) in [6, 6.07) is 0. The zero-order valence-corrected chi connectivity index (χ0v) is 18.0. The van der Waals surface area contributed by atoms with Crippen LogP contribution >= 0.6 is 0 Å². The van der Waals surface area contributed by atoms with Gasteiger partial charge in [-0.25, -0.2) is 19.9 Å². The normalized spacial score (nSPS) is 21.6. The van der Waals surface area contributed by atoms with Crippen LogP contribution in [0.2, 0.25) is 0 Å². The minimum absolute atomic E-state index is 0.0419. The summed E-state index contributed by atoms with van der Waals surface area (Å²) < 4.78 is 88.7. The van der Waals surface area contributed by atoms with Gasteiger partial charge in [0.2, 0.25) is 11.8 Å². The molecule has 1 aliphatic carbocycles. The number of anilines is 2. The maximum atomic E-state index is 13.6. The first-order valence-corrected chi connectivity index (χ1v) is 10.5. The van der Waals surface area contributed by atoms with Gasteiger partial charge < -0.3 is 16.8 Å². The van der Waals surface area contributed by atoms with E-state index in [0.29, 0.717) is 17.5 Å². The Hall–Kier alpha value is -3.98. The molecule has 1 aliphatic heterocycles. The van der Waals surface area contributed by atoms with Gasteiger partial charge in [-0.15, -0.1) is 0 Å². The van der Waals surface area contributed by atoms with Gasteiger partial charge in [-0.3, -0.25) is 14.3 Å². The third-order valence-corrected chi connectivity index (χ3v) is 6.26. The van der Waals surface area contributed by atoms with E-state index < -0.39 is 66.5 Å². The first-order chi connectivity index (χ1) is 18.0. The number of aromatic nitrogens is 6. The maximum absolute atomic E-state index is 13.6. The molecule has 16 heteroatoms. The van der Waals surface area contributed by atoms with Gasteiger partial charge in [-0.1, -0.05) is 0 Å². The van der Waals surface area contributed by atoms with Crippen LogP contribution in [0.25, 0.3) is 22.6 Å². The predicted molar refractivity (Wildman–Crippen MR) is 113 cm³/mol. The van der Waals surface area contributed by atoms with Gasteiger partial charge >= 0.3 is 12.1 Å². The number of carbonyl (C=O) groups is 2. The molecule has 11 nitrogen and oxygen atoms in total. The molecule has 1 fully saturated rings. The average molecular weight is 514 g/mol. The standard InChI is InChI=1S/C20H18F5N9O2/c1-34-15-8(6-28-34)11(29-9(30-15)4-5-18(21,22)20(23,24)25)14-31-12(26)10-13(32-14)33-17(36)19(10,16(27)35)7-2-3-7/h6-7H,2-5H2,1H3,(H2,27,35)(H3,26,31,32,33,36)/i1D3. The van der Waals surface area contributed by atoms with Gasteiger partial charge in [0.05, 0.1) is 17.1 Å². The van der Waals surface area contributed by atoms with E-state index in [4.69, 9.17) is 15.6 Å². The Kier molecular flexibility index (Phi) is 4.22. The number of primary amides is 1. The highest BCUT2D eigenvalue weighted by molar-refractivity contribution is 6.21. The molecule has 2 aliphatic rings. The molecule has 190 valence electrons. The highest BCUT2D eigenvalue weighted by Gasteiger charge is 2.62. The second-order valence-corrected chi connectivity index (χ2v) is 8.54. The molecule has 1 atom stereocenters. The number of amides is 2. The van der Waals surface area contributed by atoms with Crippen LogP contribution in [0.15, 0.2) is 6.20 Å². The molecule has 5 rings (SSSR count). The van der Waals surface area contributed by atoms with Crippen LogP contribution in [-0.4, -0.2) is 53.6 Å². The van der Waals surface area contributed by atoms with Crippen molar-refractivity contribution in [3.05, 3.63) is 17.6 Å². The lowest BCUT2D eigenvalue weighted by molar-refractivity contribution is -0.284. The van der Waals surface area contributed by atoms with Gasteiger partial charge in [0.25, 0.3) is 0 Å². The minimum Gasteiger partial charge on any atom is -0.383 e. The Morgan fingerprint density at radius 1 is 1.25 bits per heavy atom. The number of hydrogen-bond donors (Lipinski definition) is 3. The van der Waals surface area contributed by atoms with Crippen molar-refractivity contribution in [1.29, 1.82) is 0 Å². The van der Waals surface area contributed by atoms with Gasteiger partial charge in [0.1, 0.15) is 23.2 Å². The summed E-state index contributed by atoms with van der Waals surface area (Å²) in [7, 11) is 0. The van der Waals surface area contributed by atoms with E-state index in [2.05, 4.69) is 30.4 Å². The van der Waals surface area contributed by atoms with Gasteiger partial charge in [0, 0.05) is 23.9 Å². The molecule has 3 aromatic rings. The number of nitrogens with zero attached hydrogens (tertiary/aromatic N) is 6. The number of carbonyl (C=O) groups excluding carboxylic acids is 2. The molecule has 0 spiro atoms. The fraction of sp³-hybridized carbons (Fsp3) is 0.450. The lowest BCUT2D eigenvalue weighted by atomic mass is 9.76. The quantitative estimate of drug-likeness (QED) is 0.329. The third kappa shape index (κ3) is 3.34. The van der Waals surface area contributed by atoms with Crippen molar-refractivity contribution in [3.63, 3.8) is 0 Å². The van der Waals surface area contributed by atoms with Crippen molar-refractivity contribution < 1.29 is 35.7 Å². The molecular weight excluding hydrogens is 493 g/mol. The summed E-state index contributed by atoms with van der Waals surface area (Å²) in [5.74, 6) is -8.67. The molecule has 0 saturated heterocycles. The van der Waals surface area contributed by atoms with Crippen LogP contribution in [-0.2, 0) is 28.4 Å². The molecule has 0 bridgehead atoms. The Morgan fingerprint density at radius 2 is 1.97 bits per heavy atom. The average Bonchev–Trinajstić information content (AvgIpc) is 3.47. The monoisotopic (exact) mass is 514 g/mol. The van der Waals surface area contributed by atoms with Crippen LogP contribution in [0.1, 0.15) is 34.8 Å². The molecule has 0 aromatic carbocycles. The molecular formula is C20H18F5N9O2. The molecule has 1 unspecified atom stereocenters. The van der Waals surface area contributed by atoms with Crippen LogP contribution in [0, 0.1) is 5.92 Å². The number of rotatable bonds is 6. The van der Waals surface area contributed by atoms with E-state index in [0.717, 1.165) is 6.20 Å². The van der Waals surface area contributed by atoms with E-state index in [1.165, 1.54) is 0 Å². The fourth-order valence-corrected chi connectivity index (χ4v) is 4.37. The summed E-state index contributed by atoms with van der Waals surface area (Å²) in [6.07, 6.45) is -6.51. The van der Waals surface area contributed by atoms with E-state index in [1.807, 2.05) is 0 Å². The van der Waals surface area contributed by atoms with Gasteiger partial charge in [-0.05, 0) is 18.8 Å². The number of halogens is 5. The highest BCUT2D eigenvalue weighted by Crippen LogP contribution is 2.54. The zero-order chi connectivity index (χ0) is 28.7. The Bertz CT molecular complexity index is 1540. The Balaban J connectivity index is 1.67. The van der Waals surface area contributed by atoms with Crippen LogP contribution < -0.4 is 16.8 Å². The molecule has 5 N–H and O–H groups in total. The van der Waals surface area contributed by atoms with E-state index in [9.17, 15) is 31.5 Å².